The van der Waals surface area contributed by atoms with Gasteiger partial charge in [-0.25, -0.2) is 37.5 Å². The Morgan fingerprint density at radius 3 is 2.61 bits per heavy atom. The van der Waals surface area contributed by atoms with E-state index in [-0.39, 0.29) is 22.8 Å². The Hall–Kier alpha value is -3.15. The zero-order valence-corrected chi connectivity index (χ0v) is 24.4. The fourth-order valence-corrected chi connectivity index (χ4v) is 7.59. The van der Waals surface area contributed by atoms with Crippen LogP contribution in [0.3, 0.4) is 0 Å². The van der Waals surface area contributed by atoms with Crippen molar-refractivity contribution < 1.29 is 44.5 Å². The van der Waals surface area contributed by atoms with Crippen LogP contribution in [0, 0.1) is 0 Å². The molecule has 44 heavy (non-hydrogen) atoms. The minimum absolute atomic E-state index is 0.159. The predicted molar refractivity (Wildman–Crippen MR) is 145 cm³/mol. The first-order valence-electron chi connectivity index (χ1n) is 12.7. The summed E-state index contributed by atoms with van der Waals surface area (Å²) in [5, 5.41) is 0. The van der Waals surface area contributed by atoms with Gasteiger partial charge in [-0.1, -0.05) is 12.2 Å². The molecule has 0 radical (unpaired) electrons. The Kier molecular flexibility index (Phi) is 7.21. The van der Waals surface area contributed by atoms with E-state index in [9.17, 15) is 17.8 Å². The Morgan fingerprint density at radius 1 is 1.05 bits per heavy atom. The molecule has 3 saturated heterocycles. The van der Waals surface area contributed by atoms with E-state index in [0.29, 0.717) is 5.52 Å². The number of hydrogen-bond donors (Lipinski definition) is 4. The number of ether oxygens (including phenoxy) is 2. The largest absolute Gasteiger partial charge is 0.386 e. The highest BCUT2D eigenvalue weighted by Gasteiger charge is 2.53. The van der Waals surface area contributed by atoms with Gasteiger partial charge in [0.25, 0.3) is 5.56 Å². The summed E-state index contributed by atoms with van der Waals surface area (Å²) in [6, 6.07) is 0. The average Bonchev–Trinajstić information content (AvgIpc) is 3.72. The molecule has 0 amide bonds. The minimum Gasteiger partial charge on any atom is -0.369 e. The van der Waals surface area contributed by atoms with Crippen LogP contribution in [0.1, 0.15) is 12.5 Å². The number of alkyl halides is 2. The van der Waals surface area contributed by atoms with Gasteiger partial charge in [-0.3, -0.25) is 28.0 Å². The molecule has 0 saturated carbocycles. The lowest BCUT2D eigenvalue weighted by Gasteiger charge is -2.24. The summed E-state index contributed by atoms with van der Waals surface area (Å²) in [4.78, 5) is 34.4. The molecule has 4 aromatic heterocycles. The monoisotopic (exact) mass is 678 g/mol. The summed E-state index contributed by atoms with van der Waals surface area (Å²) in [7, 11) is -4.82. The number of fused-ring (bicyclic) bond motifs is 5. The maximum Gasteiger partial charge on any atom is 0.386 e. The summed E-state index contributed by atoms with van der Waals surface area (Å²) < 4.78 is 103. The van der Waals surface area contributed by atoms with Gasteiger partial charge in [0, 0.05) is 6.54 Å². The zero-order valence-electron chi connectivity index (χ0n) is 21.8. The van der Waals surface area contributed by atoms with Crippen LogP contribution in [0.4, 0.5) is 14.7 Å². The van der Waals surface area contributed by atoms with E-state index in [2.05, 4.69) is 46.9 Å². The molecule has 3 aliphatic rings. The summed E-state index contributed by atoms with van der Waals surface area (Å²) in [6.45, 7) is -5.94. The van der Waals surface area contributed by atoms with Gasteiger partial charge in [-0.15, -0.1) is 0 Å². The molecule has 0 aromatic carbocycles. The standard InChI is InChI=1S/C20H21F2N10O9PS2/c21-10-9-3-37-42(34,43)40-13-8(38-18(11(13)22)31-5-26-7-1-24-4-25-15(7)31)2-28-44(35,36)41-14(10)19(39-9)32-6-27-12-16(32)29-20(23)30-17(12)33/h1,4-6,8-11,13-14,18-19,28H,2-3H2,(H,34,43)(H3,23,29,30,33)/t8-,9-,10-,11-,13-,14-,18-,19-,42?/m1/s1. The first-order valence-corrected chi connectivity index (χ1v) is 16.8. The number of thiol groups is 1. The van der Waals surface area contributed by atoms with E-state index in [1.165, 1.54) is 23.4 Å². The maximum atomic E-state index is 15.9. The van der Waals surface area contributed by atoms with E-state index in [4.69, 9.17) is 28.4 Å². The molecule has 7 heterocycles. The molecule has 1 unspecified atom stereocenters. The lowest BCUT2D eigenvalue weighted by atomic mass is 10.1. The van der Waals surface area contributed by atoms with Crippen molar-refractivity contribution in [1.29, 1.82) is 0 Å². The summed E-state index contributed by atoms with van der Waals surface area (Å²) in [5.74, 6) is -0.298. The Morgan fingerprint density at radius 2 is 1.80 bits per heavy atom. The number of nitrogen functional groups attached to an aromatic ring is 1. The number of nitrogens with one attached hydrogen (secondary N) is 2. The molecule has 236 valence electrons. The molecule has 0 aliphatic carbocycles. The Bertz CT molecular complexity index is 1960. The highest BCUT2D eigenvalue weighted by Crippen LogP contribution is 2.57. The molecule has 19 nitrogen and oxygen atoms in total. The second-order valence-electron chi connectivity index (χ2n) is 9.88. The zero-order chi connectivity index (χ0) is 31.0. The predicted octanol–water partition coefficient (Wildman–Crippen LogP) is -0.314. The third-order valence-electron chi connectivity index (χ3n) is 7.12. The van der Waals surface area contributed by atoms with Crippen molar-refractivity contribution in [3.05, 3.63) is 35.5 Å². The lowest BCUT2D eigenvalue weighted by molar-refractivity contribution is -0.0456. The molecule has 4 aromatic rings. The van der Waals surface area contributed by atoms with Crippen LogP contribution >= 0.6 is 19.0 Å². The van der Waals surface area contributed by atoms with Crippen molar-refractivity contribution in [3.8, 4) is 0 Å². The first-order chi connectivity index (χ1) is 20.9. The highest BCUT2D eigenvalue weighted by molar-refractivity contribution is 8.44. The third kappa shape index (κ3) is 5.16. The van der Waals surface area contributed by atoms with E-state index in [1.54, 1.807) is 0 Å². The molecule has 4 N–H and O–H groups in total. The van der Waals surface area contributed by atoms with Crippen molar-refractivity contribution >= 4 is 57.6 Å². The van der Waals surface area contributed by atoms with Gasteiger partial charge >= 0.3 is 17.1 Å². The number of nitrogens with zero attached hydrogens (tertiary/aromatic N) is 7. The fraction of sp³-hybridized carbons (Fsp3) is 0.500. The van der Waals surface area contributed by atoms with Crippen LogP contribution in [-0.4, -0.2) is 97.4 Å². The van der Waals surface area contributed by atoms with Gasteiger partial charge in [0.2, 0.25) is 5.95 Å². The number of hydrogen-bond acceptors (Lipinski definition) is 15. The molecule has 24 heteroatoms. The second-order valence-corrected chi connectivity index (χ2v) is 14.1. The Labute approximate surface area is 249 Å². The van der Waals surface area contributed by atoms with Crippen LogP contribution in [0.25, 0.3) is 22.3 Å². The normalized spacial score (nSPS) is 36.1. The third-order valence-corrected chi connectivity index (χ3v) is 9.73. The summed E-state index contributed by atoms with van der Waals surface area (Å²) >= 11 is 3.93. The number of halogens is 2. The average molecular weight is 679 g/mol. The summed E-state index contributed by atoms with van der Waals surface area (Å²) in [6.07, 6.45) is -9.02. The molecule has 3 fully saturated rings. The molecule has 2 bridgehead atoms. The number of aromatic amines is 1. The van der Waals surface area contributed by atoms with Crippen molar-refractivity contribution in [2.45, 2.75) is 49.2 Å². The van der Waals surface area contributed by atoms with Crippen LogP contribution < -0.4 is 16.0 Å². The van der Waals surface area contributed by atoms with E-state index >= 15 is 8.78 Å². The SMILES string of the molecule is Nc1nc2c(ncn2[C@@H]2O[C@@H]3COP(=O)(S)O[C@H]4[C@@H](F)[C@H](n5cnc6cncnc65)O[C@@H]4CNS(=O)(=O)O[C@@H]2[C@@H]3F)c(=O)[nH]1. The van der Waals surface area contributed by atoms with Gasteiger partial charge in [0.1, 0.15) is 30.2 Å². The Balaban J connectivity index is 1.21. The van der Waals surface area contributed by atoms with Crippen LogP contribution in [-0.2, 0) is 37.6 Å². The quantitative estimate of drug-likeness (QED) is 0.157. The van der Waals surface area contributed by atoms with Crippen molar-refractivity contribution in [2.24, 2.45) is 0 Å². The van der Waals surface area contributed by atoms with Gasteiger partial charge < -0.3 is 15.2 Å². The number of rotatable bonds is 2. The van der Waals surface area contributed by atoms with Gasteiger partial charge in [0.05, 0.1) is 25.5 Å². The molecule has 9 atom stereocenters. The number of aromatic nitrogens is 8. The van der Waals surface area contributed by atoms with Crippen molar-refractivity contribution in [3.63, 3.8) is 0 Å². The molecular formula is C20H21F2N10O9PS2. The van der Waals surface area contributed by atoms with Crippen LogP contribution in [0.2, 0.25) is 0 Å². The van der Waals surface area contributed by atoms with Crippen molar-refractivity contribution in [2.75, 3.05) is 18.9 Å². The number of nitrogens with two attached hydrogens (primary N) is 1. The molecular weight excluding hydrogens is 657 g/mol. The molecule has 7 rings (SSSR count). The number of imidazole rings is 2. The van der Waals surface area contributed by atoms with E-state index in [0.717, 1.165) is 10.9 Å². The van der Waals surface area contributed by atoms with Crippen LogP contribution in [0.15, 0.2) is 30.0 Å². The van der Waals surface area contributed by atoms with Gasteiger partial charge in [-0.2, -0.15) is 18.1 Å². The van der Waals surface area contributed by atoms with E-state index < -0.39 is 85.0 Å². The van der Waals surface area contributed by atoms with Gasteiger partial charge in [0.15, 0.2) is 47.7 Å². The fourth-order valence-electron chi connectivity index (χ4n) is 5.18. The van der Waals surface area contributed by atoms with E-state index in [1.807, 2.05) is 0 Å². The lowest BCUT2D eigenvalue weighted by Crippen LogP contribution is -2.43. The number of H-pyrrole nitrogens is 1. The summed E-state index contributed by atoms with van der Waals surface area (Å²) in [5.41, 5.74) is 5.09. The second kappa shape index (κ2) is 10.7. The maximum absolute atomic E-state index is 15.9. The van der Waals surface area contributed by atoms with Gasteiger partial charge in [-0.05, 0) is 0 Å². The topological polar surface area (TPSA) is 243 Å². The first kappa shape index (κ1) is 29.6. The molecule has 3 aliphatic heterocycles. The minimum atomic E-state index is -4.82. The molecule has 0 spiro atoms. The van der Waals surface area contributed by atoms with Crippen LogP contribution in [0.5, 0.6) is 0 Å². The van der Waals surface area contributed by atoms with Crippen molar-refractivity contribution in [1.82, 2.24) is 43.8 Å². The smallest absolute Gasteiger partial charge is 0.369 e. The number of anilines is 1. The highest BCUT2D eigenvalue weighted by atomic mass is 32.7.